The summed E-state index contributed by atoms with van der Waals surface area (Å²) >= 11 is 7.85. The standard InChI is InChI=1S/C31H32ClFN2O4S2/c1-3-14-34-41(37,38)25-10-11-26(28(33)19-25)27-7-5-6-8-29(27)35(31(36)17-22-13-16-40-21-22)20-23-18-24(32)9-12-30(23)39-15-4-2/h5-13,16,18-19,21,34H,3-4,14-15,17,20H2,1-2H3. The minimum absolute atomic E-state index is 0.134. The van der Waals surface area contributed by atoms with E-state index in [0.717, 1.165) is 18.1 Å². The lowest BCUT2D eigenvalue weighted by atomic mass is 10.0. The molecule has 3 aromatic carbocycles. The Morgan fingerprint density at radius 1 is 1.02 bits per heavy atom. The van der Waals surface area contributed by atoms with Crippen LogP contribution < -0.4 is 14.4 Å². The quantitative estimate of drug-likeness (QED) is 0.170. The molecule has 0 aliphatic rings. The highest BCUT2D eigenvalue weighted by atomic mass is 35.5. The Bertz CT molecular complexity index is 1590. The summed E-state index contributed by atoms with van der Waals surface area (Å²) < 4.78 is 49.2. The number of ether oxygens (including phenoxy) is 1. The number of rotatable bonds is 13. The monoisotopic (exact) mass is 614 g/mol. The van der Waals surface area contributed by atoms with E-state index >= 15 is 4.39 Å². The van der Waals surface area contributed by atoms with Gasteiger partial charge in [0.1, 0.15) is 11.6 Å². The van der Waals surface area contributed by atoms with Gasteiger partial charge in [0.25, 0.3) is 0 Å². The lowest BCUT2D eigenvalue weighted by Crippen LogP contribution is -2.32. The highest BCUT2D eigenvalue weighted by Gasteiger charge is 2.24. The van der Waals surface area contributed by atoms with Crippen molar-refractivity contribution < 1.29 is 22.3 Å². The van der Waals surface area contributed by atoms with E-state index in [-0.39, 0.29) is 35.9 Å². The molecule has 1 amide bonds. The summed E-state index contributed by atoms with van der Waals surface area (Å²) in [7, 11) is -3.85. The molecule has 216 valence electrons. The topological polar surface area (TPSA) is 75.7 Å². The third-order valence-corrected chi connectivity index (χ3v) is 8.75. The van der Waals surface area contributed by atoms with Gasteiger partial charge in [-0.25, -0.2) is 17.5 Å². The Labute approximate surface area is 249 Å². The number of sulfonamides is 1. The summed E-state index contributed by atoms with van der Waals surface area (Å²) in [6.07, 6.45) is 1.57. The molecule has 4 rings (SSSR count). The predicted molar refractivity (Wildman–Crippen MR) is 164 cm³/mol. The van der Waals surface area contributed by atoms with Gasteiger partial charge in [0, 0.05) is 28.3 Å². The first-order valence-corrected chi connectivity index (χ1v) is 16.1. The maximum absolute atomic E-state index is 15.6. The molecular formula is C31H32ClFN2O4S2. The van der Waals surface area contributed by atoms with Crippen molar-refractivity contribution in [2.45, 2.75) is 44.6 Å². The van der Waals surface area contributed by atoms with Crippen LogP contribution in [0.3, 0.4) is 0 Å². The second kappa shape index (κ2) is 14.1. The van der Waals surface area contributed by atoms with Crippen molar-refractivity contribution in [1.29, 1.82) is 0 Å². The molecule has 1 aromatic heterocycles. The molecule has 0 saturated heterocycles. The van der Waals surface area contributed by atoms with Gasteiger partial charge in [-0.2, -0.15) is 11.3 Å². The zero-order valence-electron chi connectivity index (χ0n) is 22.9. The highest BCUT2D eigenvalue weighted by molar-refractivity contribution is 7.89. The molecule has 0 unspecified atom stereocenters. The number of benzene rings is 3. The molecule has 0 fully saturated rings. The number of carbonyl (C=O) groups is 1. The van der Waals surface area contributed by atoms with Gasteiger partial charge in [-0.05, 0) is 71.6 Å². The van der Waals surface area contributed by atoms with Crippen molar-refractivity contribution in [2.24, 2.45) is 0 Å². The van der Waals surface area contributed by atoms with Gasteiger partial charge < -0.3 is 9.64 Å². The van der Waals surface area contributed by atoms with E-state index in [2.05, 4.69) is 4.72 Å². The number of nitrogens with one attached hydrogen (secondary N) is 1. The van der Waals surface area contributed by atoms with Crippen LogP contribution in [0.4, 0.5) is 10.1 Å². The van der Waals surface area contributed by atoms with E-state index in [9.17, 15) is 13.2 Å². The maximum Gasteiger partial charge on any atom is 0.240 e. The minimum Gasteiger partial charge on any atom is -0.493 e. The van der Waals surface area contributed by atoms with Crippen molar-refractivity contribution in [2.75, 3.05) is 18.1 Å². The molecule has 0 aliphatic carbocycles. The van der Waals surface area contributed by atoms with E-state index in [4.69, 9.17) is 16.3 Å². The predicted octanol–water partition coefficient (Wildman–Crippen LogP) is 7.46. The summed E-state index contributed by atoms with van der Waals surface area (Å²) in [4.78, 5) is 15.3. The number of thiophene rings is 1. The molecule has 10 heteroatoms. The van der Waals surface area contributed by atoms with E-state index in [1.807, 2.05) is 30.7 Å². The Hall–Kier alpha value is -3.24. The molecule has 0 saturated carbocycles. The van der Waals surface area contributed by atoms with E-state index in [1.165, 1.54) is 23.5 Å². The molecule has 0 bridgehead atoms. The van der Waals surface area contributed by atoms with Crippen LogP contribution in [0, 0.1) is 5.82 Å². The molecular weight excluding hydrogens is 583 g/mol. The molecule has 4 aromatic rings. The van der Waals surface area contributed by atoms with Gasteiger partial charge in [0.15, 0.2) is 0 Å². The first-order chi connectivity index (χ1) is 19.7. The smallest absolute Gasteiger partial charge is 0.240 e. The van der Waals surface area contributed by atoms with Gasteiger partial charge in [-0.1, -0.05) is 49.7 Å². The van der Waals surface area contributed by atoms with Crippen LogP contribution >= 0.6 is 22.9 Å². The summed E-state index contributed by atoms with van der Waals surface area (Å²) in [5.41, 5.74) is 2.69. The number of anilines is 1. The number of nitrogens with zero attached hydrogens (tertiary/aromatic N) is 1. The average molecular weight is 615 g/mol. The number of carbonyl (C=O) groups excluding carboxylic acids is 1. The van der Waals surface area contributed by atoms with Crippen molar-refractivity contribution >= 4 is 44.6 Å². The van der Waals surface area contributed by atoms with Crippen LogP contribution in [-0.4, -0.2) is 27.5 Å². The Morgan fingerprint density at radius 2 is 1.83 bits per heavy atom. The van der Waals surface area contributed by atoms with Gasteiger partial charge in [-0.15, -0.1) is 0 Å². The molecule has 0 spiro atoms. The third kappa shape index (κ3) is 7.74. The molecule has 41 heavy (non-hydrogen) atoms. The fraction of sp³-hybridized carbons (Fsp3) is 0.258. The zero-order chi connectivity index (χ0) is 29.4. The van der Waals surface area contributed by atoms with Gasteiger partial charge in [0.05, 0.1) is 30.2 Å². The molecule has 6 nitrogen and oxygen atoms in total. The van der Waals surface area contributed by atoms with Gasteiger partial charge in [0.2, 0.25) is 15.9 Å². The number of hydrogen-bond donors (Lipinski definition) is 1. The largest absolute Gasteiger partial charge is 0.493 e. The zero-order valence-corrected chi connectivity index (χ0v) is 25.3. The van der Waals surface area contributed by atoms with Gasteiger partial charge >= 0.3 is 0 Å². The SMILES string of the molecule is CCCNS(=O)(=O)c1ccc(-c2ccccc2N(Cc2cc(Cl)ccc2OCCC)C(=O)Cc2ccsc2)c(F)c1. The van der Waals surface area contributed by atoms with E-state index in [1.54, 1.807) is 47.4 Å². The lowest BCUT2D eigenvalue weighted by molar-refractivity contribution is -0.118. The number of hydrogen-bond acceptors (Lipinski definition) is 5. The summed E-state index contributed by atoms with van der Waals surface area (Å²) in [5, 5.41) is 4.33. The molecule has 0 atom stereocenters. The molecule has 1 heterocycles. The van der Waals surface area contributed by atoms with Crippen LogP contribution in [-0.2, 0) is 27.8 Å². The second-order valence-corrected chi connectivity index (χ2v) is 12.4. The normalized spacial score (nSPS) is 11.4. The molecule has 0 radical (unpaired) electrons. The lowest BCUT2D eigenvalue weighted by Gasteiger charge is -2.27. The number of para-hydroxylation sites is 1. The Balaban J connectivity index is 1.78. The Kier molecular flexibility index (Phi) is 10.6. The third-order valence-electron chi connectivity index (χ3n) is 6.33. The minimum atomic E-state index is -3.85. The van der Waals surface area contributed by atoms with E-state index in [0.29, 0.717) is 40.6 Å². The Morgan fingerprint density at radius 3 is 2.54 bits per heavy atom. The summed E-state index contributed by atoms with van der Waals surface area (Å²) in [6.45, 7) is 4.74. The first-order valence-electron chi connectivity index (χ1n) is 13.3. The second-order valence-electron chi connectivity index (χ2n) is 9.45. The summed E-state index contributed by atoms with van der Waals surface area (Å²) in [5.74, 6) is -0.292. The van der Waals surface area contributed by atoms with Crippen LogP contribution in [0.1, 0.15) is 37.8 Å². The van der Waals surface area contributed by atoms with Gasteiger partial charge in [-0.3, -0.25) is 4.79 Å². The fourth-order valence-electron chi connectivity index (χ4n) is 4.30. The highest BCUT2D eigenvalue weighted by Crippen LogP contribution is 2.36. The summed E-state index contributed by atoms with van der Waals surface area (Å²) in [6, 6.07) is 18.0. The molecule has 1 N–H and O–H groups in total. The van der Waals surface area contributed by atoms with Crippen LogP contribution in [0.25, 0.3) is 11.1 Å². The molecule has 0 aliphatic heterocycles. The van der Waals surface area contributed by atoms with Crippen LogP contribution in [0.5, 0.6) is 5.75 Å². The average Bonchev–Trinajstić information content (AvgIpc) is 3.47. The van der Waals surface area contributed by atoms with Crippen LogP contribution in [0.15, 0.2) is 82.4 Å². The van der Waals surface area contributed by atoms with Crippen molar-refractivity contribution in [3.63, 3.8) is 0 Å². The number of amides is 1. The van der Waals surface area contributed by atoms with Crippen molar-refractivity contribution in [3.05, 3.63) is 99.5 Å². The van der Waals surface area contributed by atoms with Crippen molar-refractivity contribution in [3.8, 4) is 16.9 Å². The van der Waals surface area contributed by atoms with Crippen LogP contribution in [0.2, 0.25) is 5.02 Å². The fourth-order valence-corrected chi connectivity index (χ4v) is 6.31. The van der Waals surface area contributed by atoms with E-state index < -0.39 is 15.8 Å². The first kappa shape index (κ1) is 30.7. The number of halogens is 2. The maximum atomic E-state index is 15.6. The van der Waals surface area contributed by atoms with Crippen molar-refractivity contribution in [1.82, 2.24) is 4.72 Å².